The van der Waals surface area contributed by atoms with Crippen LogP contribution in [0.1, 0.15) is 17.3 Å². The molecule has 1 aromatic heterocycles. The first-order chi connectivity index (χ1) is 6.20. The van der Waals surface area contributed by atoms with Gasteiger partial charge in [-0.15, -0.1) is 0 Å². The largest absolute Gasteiger partial charge is 0.464 e. The number of carbonyl (C=O) groups is 1. The quantitative estimate of drug-likeness (QED) is 0.652. The highest BCUT2D eigenvalue weighted by Gasteiger charge is 2.11. The van der Waals surface area contributed by atoms with Gasteiger partial charge in [-0.25, -0.2) is 0 Å². The van der Waals surface area contributed by atoms with E-state index in [9.17, 15) is 4.79 Å². The third kappa shape index (κ3) is 1.23. The number of hydrogen-bond donors (Lipinski definition) is 0. The molecule has 13 heavy (non-hydrogen) atoms. The van der Waals surface area contributed by atoms with Crippen LogP contribution < -0.4 is 0 Å². The zero-order chi connectivity index (χ0) is 9.42. The Morgan fingerprint density at radius 1 is 1.46 bits per heavy atom. The molecule has 0 aliphatic rings. The van der Waals surface area contributed by atoms with Gasteiger partial charge in [-0.1, -0.05) is 17.7 Å². The van der Waals surface area contributed by atoms with E-state index in [0.29, 0.717) is 21.6 Å². The SMILES string of the molecule is CC(=O)c1coc2cccc(Cl)c12. The van der Waals surface area contributed by atoms with Crippen LogP contribution in [-0.4, -0.2) is 5.78 Å². The maximum Gasteiger partial charge on any atom is 0.163 e. The summed E-state index contributed by atoms with van der Waals surface area (Å²) in [7, 11) is 0. The average molecular weight is 195 g/mol. The zero-order valence-electron chi connectivity index (χ0n) is 7.00. The van der Waals surface area contributed by atoms with Gasteiger partial charge >= 0.3 is 0 Å². The number of carbonyl (C=O) groups excluding carboxylic acids is 1. The molecular formula is C10H7ClO2. The molecule has 0 spiro atoms. The fourth-order valence-electron chi connectivity index (χ4n) is 1.30. The van der Waals surface area contributed by atoms with Crippen LogP contribution >= 0.6 is 11.6 Å². The Balaban J connectivity index is 2.86. The Morgan fingerprint density at radius 3 is 2.92 bits per heavy atom. The van der Waals surface area contributed by atoms with Gasteiger partial charge in [0, 0.05) is 5.39 Å². The van der Waals surface area contributed by atoms with Gasteiger partial charge in [0.25, 0.3) is 0 Å². The Labute approximate surface area is 80.1 Å². The molecule has 0 N–H and O–H groups in total. The van der Waals surface area contributed by atoms with Crippen molar-refractivity contribution >= 4 is 28.4 Å². The molecular weight excluding hydrogens is 188 g/mol. The molecule has 0 atom stereocenters. The predicted octanol–water partition coefficient (Wildman–Crippen LogP) is 3.29. The van der Waals surface area contributed by atoms with E-state index in [-0.39, 0.29) is 5.78 Å². The van der Waals surface area contributed by atoms with Gasteiger partial charge in [-0.2, -0.15) is 0 Å². The highest BCUT2D eigenvalue weighted by molar-refractivity contribution is 6.36. The van der Waals surface area contributed by atoms with E-state index in [2.05, 4.69) is 0 Å². The summed E-state index contributed by atoms with van der Waals surface area (Å²) in [5.74, 6) is -0.0353. The number of halogens is 1. The molecule has 0 aliphatic carbocycles. The maximum atomic E-state index is 11.2. The molecule has 0 fully saturated rings. The first kappa shape index (κ1) is 8.32. The first-order valence-corrected chi connectivity index (χ1v) is 4.24. The summed E-state index contributed by atoms with van der Waals surface area (Å²) >= 11 is 5.94. The maximum absolute atomic E-state index is 11.2. The van der Waals surface area contributed by atoms with Crippen molar-refractivity contribution in [1.29, 1.82) is 0 Å². The van der Waals surface area contributed by atoms with Crippen LogP contribution in [-0.2, 0) is 0 Å². The summed E-state index contributed by atoms with van der Waals surface area (Å²) in [4.78, 5) is 11.2. The van der Waals surface area contributed by atoms with Crippen LogP contribution in [0.4, 0.5) is 0 Å². The minimum Gasteiger partial charge on any atom is -0.464 e. The van der Waals surface area contributed by atoms with Crippen molar-refractivity contribution < 1.29 is 9.21 Å². The van der Waals surface area contributed by atoms with Crippen molar-refractivity contribution in [2.45, 2.75) is 6.92 Å². The number of furan rings is 1. The minimum atomic E-state index is -0.0353. The number of fused-ring (bicyclic) bond motifs is 1. The molecule has 1 aromatic carbocycles. The molecule has 3 heteroatoms. The van der Waals surface area contributed by atoms with Gasteiger partial charge in [0.2, 0.25) is 0 Å². The standard InChI is InChI=1S/C10H7ClO2/c1-6(12)7-5-13-9-4-2-3-8(11)10(7)9/h2-5H,1H3. The van der Waals surface area contributed by atoms with E-state index in [4.69, 9.17) is 16.0 Å². The van der Waals surface area contributed by atoms with Crippen LogP contribution in [0, 0.1) is 0 Å². The van der Waals surface area contributed by atoms with Gasteiger partial charge in [0.15, 0.2) is 5.78 Å². The van der Waals surface area contributed by atoms with Gasteiger partial charge < -0.3 is 4.42 Å². The smallest absolute Gasteiger partial charge is 0.163 e. The highest BCUT2D eigenvalue weighted by atomic mass is 35.5. The molecule has 0 unspecified atom stereocenters. The van der Waals surface area contributed by atoms with Crippen LogP contribution in [0.5, 0.6) is 0 Å². The molecule has 66 valence electrons. The monoisotopic (exact) mass is 194 g/mol. The van der Waals surface area contributed by atoms with Gasteiger partial charge in [0.1, 0.15) is 11.8 Å². The third-order valence-electron chi connectivity index (χ3n) is 1.93. The van der Waals surface area contributed by atoms with Crippen LogP contribution in [0.2, 0.25) is 5.02 Å². The number of benzene rings is 1. The number of rotatable bonds is 1. The van der Waals surface area contributed by atoms with Crippen molar-refractivity contribution in [2.75, 3.05) is 0 Å². The Bertz CT molecular complexity index is 471. The van der Waals surface area contributed by atoms with Gasteiger partial charge in [0.05, 0.1) is 10.6 Å². The molecule has 2 aromatic rings. The van der Waals surface area contributed by atoms with Crippen molar-refractivity contribution in [3.63, 3.8) is 0 Å². The summed E-state index contributed by atoms with van der Waals surface area (Å²) in [6, 6.07) is 5.32. The van der Waals surface area contributed by atoms with E-state index in [1.807, 2.05) is 0 Å². The summed E-state index contributed by atoms with van der Waals surface area (Å²) in [6.07, 6.45) is 1.44. The van der Waals surface area contributed by atoms with E-state index in [1.54, 1.807) is 18.2 Å². The Morgan fingerprint density at radius 2 is 2.23 bits per heavy atom. The molecule has 1 heterocycles. The molecule has 0 saturated carbocycles. The molecule has 0 saturated heterocycles. The molecule has 0 aliphatic heterocycles. The van der Waals surface area contributed by atoms with Gasteiger partial charge in [-0.05, 0) is 19.1 Å². The number of hydrogen-bond acceptors (Lipinski definition) is 2. The number of ketones is 1. The Hall–Kier alpha value is -1.28. The fraction of sp³-hybridized carbons (Fsp3) is 0.100. The van der Waals surface area contributed by atoms with Crippen LogP contribution in [0.25, 0.3) is 11.0 Å². The molecule has 2 nitrogen and oxygen atoms in total. The highest BCUT2D eigenvalue weighted by Crippen LogP contribution is 2.28. The first-order valence-electron chi connectivity index (χ1n) is 3.87. The predicted molar refractivity (Wildman–Crippen MR) is 51.2 cm³/mol. The van der Waals surface area contributed by atoms with Crippen molar-refractivity contribution in [3.05, 3.63) is 35.0 Å². The minimum absolute atomic E-state index is 0.0353. The summed E-state index contributed by atoms with van der Waals surface area (Å²) in [5, 5.41) is 1.26. The summed E-state index contributed by atoms with van der Waals surface area (Å²) < 4.78 is 5.19. The lowest BCUT2D eigenvalue weighted by molar-refractivity contribution is 0.101. The molecule has 0 amide bonds. The molecule has 0 bridgehead atoms. The average Bonchev–Trinajstić information content (AvgIpc) is 2.49. The van der Waals surface area contributed by atoms with Crippen LogP contribution in [0.3, 0.4) is 0 Å². The number of Topliss-reactive ketones (excluding diaryl/α,β-unsaturated/α-hetero) is 1. The van der Waals surface area contributed by atoms with Crippen LogP contribution in [0.15, 0.2) is 28.9 Å². The Kier molecular flexibility index (Phi) is 1.85. The van der Waals surface area contributed by atoms with E-state index >= 15 is 0 Å². The second-order valence-electron chi connectivity index (χ2n) is 2.82. The lowest BCUT2D eigenvalue weighted by atomic mass is 10.1. The lowest BCUT2D eigenvalue weighted by Gasteiger charge is -1.93. The molecule has 2 rings (SSSR count). The van der Waals surface area contributed by atoms with Crippen molar-refractivity contribution in [2.24, 2.45) is 0 Å². The van der Waals surface area contributed by atoms with Crippen molar-refractivity contribution in [3.8, 4) is 0 Å². The van der Waals surface area contributed by atoms with E-state index in [1.165, 1.54) is 13.2 Å². The molecule has 0 radical (unpaired) electrons. The topological polar surface area (TPSA) is 30.2 Å². The zero-order valence-corrected chi connectivity index (χ0v) is 7.76. The third-order valence-corrected chi connectivity index (χ3v) is 2.24. The normalized spacial score (nSPS) is 10.6. The second kappa shape index (κ2) is 2.89. The lowest BCUT2D eigenvalue weighted by Crippen LogP contribution is -1.88. The fourth-order valence-corrected chi connectivity index (χ4v) is 1.57. The van der Waals surface area contributed by atoms with Crippen molar-refractivity contribution in [1.82, 2.24) is 0 Å². The van der Waals surface area contributed by atoms with E-state index < -0.39 is 0 Å². The van der Waals surface area contributed by atoms with Gasteiger partial charge in [-0.3, -0.25) is 4.79 Å². The second-order valence-corrected chi connectivity index (χ2v) is 3.23. The summed E-state index contributed by atoms with van der Waals surface area (Å²) in [5.41, 5.74) is 1.19. The van der Waals surface area contributed by atoms with E-state index in [0.717, 1.165) is 0 Å². The summed E-state index contributed by atoms with van der Waals surface area (Å²) in [6.45, 7) is 1.49.